The summed E-state index contributed by atoms with van der Waals surface area (Å²) in [7, 11) is 0. The van der Waals surface area contributed by atoms with Gasteiger partial charge in [-0.05, 0) is 52.4 Å². The van der Waals surface area contributed by atoms with E-state index in [9.17, 15) is 23.2 Å². The zero-order chi connectivity index (χ0) is 30.7. The van der Waals surface area contributed by atoms with Gasteiger partial charge in [-0.1, -0.05) is 31.1 Å². The summed E-state index contributed by atoms with van der Waals surface area (Å²) in [5.41, 5.74) is -0.721. The number of halogens is 2. The molecule has 3 atom stereocenters. The Morgan fingerprint density at radius 1 is 1.26 bits per heavy atom. The average molecular weight is 615 g/mol. The van der Waals surface area contributed by atoms with E-state index in [1.165, 1.54) is 6.20 Å². The Balaban J connectivity index is 1.53. The smallest absolute Gasteiger partial charge is 0.408 e. The molecule has 1 aliphatic carbocycles. The Morgan fingerprint density at radius 2 is 1.98 bits per heavy atom. The second-order valence-corrected chi connectivity index (χ2v) is 13.8. The number of nitrogens with zero attached hydrogens (tertiary/aromatic N) is 3. The molecule has 1 saturated carbocycles. The molecule has 3 N–H and O–H groups in total. The fourth-order valence-electron chi connectivity index (χ4n) is 5.66. The molecule has 0 unspecified atom stereocenters. The number of thiazole rings is 1. The summed E-state index contributed by atoms with van der Waals surface area (Å²) >= 11 is 1.14. The summed E-state index contributed by atoms with van der Waals surface area (Å²) in [6.45, 7) is 9.94. The van der Waals surface area contributed by atoms with E-state index in [4.69, 9.17) is 9.47 Å². The summed E-state index contributed by atoms with van der Waals surface area (Å²) < 4.78 is 39.8. The first-order valence-electron chi connectivity index (χ1n) is 14.7. The molecule has 42 heavy (non-hydrogen) atoms. The van der Waals surface area contributed by atoms with Crippen molar-refractivity contribution in [2.24, 2.45) is 11.8 Å². The van der Waals surface area contributed by atoms with Crippen LogP contribution in [0.2, 0.25) is 0 Å². The van der Waals surface area contributed by atoms with Gasteiger partial charge in [-0.15, -0.1) is 0 Å². The third-order valence-corrected chi connectivity index (χ3v) is 9.03. The summed E-state index contributed by atoms with van der Waals surface area (Å²) in [4.78, 5) is 47.2. The minimum Gasteiger partial charge on any atom is -0.444 e. The molecule has 3 aliphatic rings. The van der Waals surface area contributed by atoms with Crippen molar-refractivity contribution in [2.45, 2.75) is 90.0 Å². The van der Waals surface area contributed by atoms with Crippen molar-refractivity contribution in [2.75, 3.05) is 44.7 Å². The standard InChI is InChI=1S/C28H44F2N6O5S/c1-17-6-8-19(9-7-17)22(33-26(39)41-27(3,4)5)23(37)34-24-31-12-21(42-24)20(13-35-10-11-40-14-18(35)2)36-16-28(29,30)15-32-25(36)38/h12,17-20,22H,6-11,13-16H2,1-5H3,(H,32,38)(H,33,39)(H,31,34,37)/t17?,18-,19?,20+,22-/m0/s1. The lowest BCUT2D eigenvalue weighted by molar-refractivity contribution is -0.119. The number of nitrogens with one attached hydrogen (secondary N) is 3. The largest absolute Gasteiger partial charge is 0.444 e. The molecule has 236 valence electrons. The van der Waals surface area contributed by atoms with Crippen molar-refractivity contribution >= 4 is 34.5 Å². The first-order valence-corrected chi connectivity index (χ1v) is 15.5. The Kier molecular flexibility index (Phi) is 10.3. The highest BCUT2D eigenvalue weighted by Crippen LogP contribution is 2.35. The van der Waals surface area contributed by atoms with Crippen molar-refractivity contribution in [1.82, 2.24) is 25.4 Å². The van der Waals surface area contributed by atoms with Gasteiger partial charge < -0.3 is 30.3 Å². The van der Waals surface area contributed by atoms with Crippen LogP contribution in [0.15, 0.2) is 6.20 Å². The maximum absolute atomic E-state index is 14.4. The van der Waals surface area contributed by atoms with Crippen LogP contribution in [0.1, 0.15) is 71.2 Å². The quantitative estimate of drug-likeness (QED) is 0.401. The first-order chi connectivity index (χ1) is 19.7. The molecule has 0 spiro atoms. The number of carbonyl (C=O) groups is 3. The number of morpholine rings is 1. The lowest BCUT2D eigenvalue weighted by atomic mass is 9.79. The number of aromatic nitrogens is 1. The maximum atomic E-state index is 14.4. The van der Waals surface area contributed by atoms with Crippen LogP contribution < -0.4 is 16.0 Å². The zero-order valence-corrected chi connectivity index (χ0v) is 25.9. The van der Waals surface area contributed by atoms with E-state index in [-0.39, 0.29) is 17.1 Å². The van der Waals surface area contributed by atoms with E-state index in [2.05, 4.69) is 32.8 Å². The number of ether oxygens (including phenoxy) is 2. The molecule has 11 nitrogen and oxygen atoms in total. The van der Waals surface area contributed by atoms with Gasteiger partial charge in [0.05, 0.1) is 37.2 Å². The second kappa shape index (κ2) is 13.4. The van der Waals surface area contributed by atoms with Crippen LogP contribution >= 0.6 is 11.3 Å². The minimum absolute atomic E-state index is 0.0413. The normalized spacial score (nSPS) is 26.6. The van der Waals surface area contributed by atoms with Crippen LogP contribution in [0, 0.1) is 11.8 Å². The third-order valence-electron chi connectivity index (χ3n) is 8.02. The Bertz CT molecular complexity index is 1110. The molecule has 1 aromatic rings. The lowest BCUT2D eigenvalue weighted by Crippen LogP contribution is -2.59. The molecule has 1 aromatic heterocycles. The van der Waals surface area contributed by atoms with E-state index in [1.54, 1.807) is 20.8 Å². The number of hydrogen-bond acceptors (Lipinski definition) is 8. The zero-order valence-electron chi connectivity index (χ0n) is 25.1. The fourth-order valence-corrected chi connectivity index (χ4v) is 6.59. The summed E-state index contributed by atoms with van der Waals surface area (Å²) in [6, 6.07) is -2.06. The SMILES string of the molecule is CC1CCC([C@H](NC(=O)OC(C)(C)C)C(=O)Nc2ncc([C@@H](CN3CCOC[C@@H]3C)N3CC(F)(F)CNC3=O)s2)CC1. The summed E-state index contributed by atoms with van der Waals surface area (Å²) in [5.74, 6) is -3.01. The predicted octanol–water partition coefficient (Wildman–Crippen LogP) is 4.22. The summed E-state index contributed by atoms with van der Waals surface area (Å²) in [6.07, 6.45) is 4.34. The van der Waals surface area contributed by atoms with Crippen LogP contribution in [-0.2, 0) is 14.3 Å². The number of carbonyl (C=O) groups excluding carboxylic acids is 3. The Morgan fingerprint density at radius 3 is 2.64 bits per heavy atom. The van der Waals surface area contributed by atoms with Gasteiger partial charge in [-0.3, -0.25) is 9.69 Å². The predicted molar refractivity (Wildman–Crippen MR) is 155 cm³/mol. The minimum atomic E-state index is -3.08. The van der Waals surface area contributed by atoms with Gasteiger partial charge in [0.1, 0.15) is 11.6 Å². The fraction of sp³-hybridized carbons (Fsp3) is 0.786. The third kappa shape index (κ3) is 8.73. The van der Waals surface area contributed by atoms with Crippen molar-refractivity contribution in [3.05, 3.63) is 11.1 Å². The van der Waals surface area contributed by atoms with Gasteiger partial charge in [-0.2, -0.15) is 0 Å². The molecule has 4 rings (SSSR count). The highest BCUT2D eigenvalue weighted by Gasteiger charge is 2.43. The van der Waals surface area contributed by atoms with Crippen molar-refractivity contribution < 1.29 is 32.6 Å². The number of alkyl halides is 2. The monoisotopic (exact) mass is 614 g/mol. The number of amides is 4. The van der Waals surface area contributed by atoms with Gasteiger partial charge in [0.25, 0.3) is 5.92 Å². The topological polar surface area (TPSA) is 125 Å². The molecule has 0 bridgehead atoms. The summed E-state index contributed by atoms with van der Waals surface area (Å²) in [5, 5.41) is 8.18. The number of hydrogen-bond donors (Lipinski definition) is 3. The molecule has 2 saturated heterocycles. The van der Waals surface area contributed by atoms with Gasteiger partial charge in [0.15, 0.2) is 5.13 Å². The van der Waals surface area contributed by atoms with Gasteiger partial charge >= 0.3 is 12.1 Å². The molecule has 3 heterocycles. The van der Waals surface area contributed by atoms with E-state index >= 15 is 0 Å². The van der Waals surface area contributed by atoms with Crippen LogP contribution in [0.3, 0.4) is 0 Å². The second-order valence-electron chi connectivity index (χ2n) is 12.8. The number of anilines is 1. The average Bonchev–Trinajstić information content (AvgIpc) is 3.36. The molecule has 2 aliphatic heterocycles. The molecule has 14 heteroatoms. The number of urea groups is 1. The molecular weight excluding hydrogens is 570 g/mol. The molecule has 0 radical (unpaired) electrons. The molecule has 3 fully saturated rings. The highest BCUT2D eigenvalue weighted by molar-refractivity contribution is 7.15. The van der Waals surface area contributed by atoms with Crippen LogP contribution in [0.4, 0.5) is 23.5 Å². The molecule has 0 aromatic carbocycles. The van der Waals surface area contributed by atoms with Crippen LogP contribution in [-0.4, -0.2) is 95.8 Å². The Labute approximate surface area is 250 Å². The lowest BCUT2D eigenvalue weighted by Gasteiger charge is -2.42. The van der Waals surface area contributed by atoms with E-state index in [1.807, 2.05) is 6.92 Å². The first kappa shape index (κ1) is 32.3. The van der Waals surface area contributed by atoms with Gasteiger partial charge in [0, 0.05) is 25.3 Å². The van der Waals surface area contributed by atoms with Crippen molar-refractivity contribution in [1.29, 1.82) is 0 Å². The highest BCUT2D eigenvalue weighted by atomic mass is 32.1. The maximum Gasteiger partial charge on any atom is 0.408 e. The van der Waals surface area contributed by atoms with Gasteiger partial charge in [0.2, 0.25) is 5.91 Å². The van der Waals surface area contributed by atoms with Crippen LogP contribution in [0.25, 0.3) is 0 Å². The van der Waals surface area contributed by atoms with E-state index in [0.29, 0.717) is 37.1 Å². The van der Waals surface area contributed by atoms with E-state index < -0.39 is 54.7 Å². The Hall–Kier alpha value is -2.58. The van der Waals surface area contributed by atoms with Gasteiger partial charge in [-0.25, -0.2) is 23.4 Å². The molecule has 4 amide bonds. The van der Waals surface area contributed by atoms with Crippen LogP contribution in [0.5, 0.6) is 0 Å². The molecular formula is C28H44F2N6O5S. The van der Waals surface area contributed by atoms with Crippen molar-refractivity contribution in [3.63, 3.8) is 0 Å². The number of rotatable bonds is 8. The number of alkyl carbamates (subject to hydrolysis) is 1. The van der Waals surface area contributed by atoms with E-state index in [0.717, 1.165) is 41.9 Å². The van der Waals surface area contributed by atoms with Crippen molar-refractivity contribution in [3.8, 4) is 0 Å².